The van der Waals surface area contributed by atoms with Gasteiger partial charge in [0, 0.05) is 81.5 Å². The minimum Gasteiger partial charge on any atom is -0.497 e. The summed E-state index contributed by atoms with van der Waals surface area (Å²) in [6, 6.07) is 24.1. The number of nitrogens with one attached hydrogen (secondary N) is 2. The third-order valence-corrected chi connectivity index (χ3v) is 9.54. The van der Waals surface area contributed by atoms with Gasteiger partial charge in [0.1, 0.15) is 17.0 Å². The summed E-state index contributed by atoms with van der Waals surface area (Å²) >= 11 is 0. The Balaban J connectivity index is 0.000000164. The highest BCUT2D eigenvalue weighted by Crippen LogP contribution is 2.31. The maximum atomic E-state index is 12.7. The summed E-state index contributed by atoms with van der Waals surface area (Å²) in [4.78, 5) is 39.3. The number of benzene rings is 2. The molecule has 0 saturated carbocycles. The maximum absolute atomic E-state index is 12.7. The molecule has 2 aliphatic rings. The largest absolute Gasteiger partial charge is 0.497 e. The van der Waals surface area contributed by atoms with E-state index in [0.29, 0.717) is 34.2 Å². The fourth-order valence-corrected chi connectivity index (χ4v) is 6.64. The first-order valence-corrected chi connectivity index (χ1v) is 17.8. The van der Waals surface area contributed by atoms with Crippen LogP contribution in [0.2, 0.25) is 0 Å². The smallest absolute Gasteiger partial charge is 0.258 e. The molecular weight excluding hydrogens is 672 g/mol. The summed E-state index contributed by atoms with van der Waals surface area (Å²) in [5.74, 6) is 2.02. The minimum atomic E-state index is -0.109. The lowest BCUT2D eigenvalue weighted by Crippen LogP contribution is -2.43. The molecule has 0 spiro atoms. The molecule has 0 radical (unpaired) electrons. The van der Waals surface area contributed by atoms with Crippen molar-refractivity contribution in [3.63, 3.8) is 0 Å². The van der Waals surface area contributed by atoms with Crippen molar-refractivity contribution < 1.29 is 14.2 Å². The first-order valence-electron chi connectivity index (χ1n) is 17.8. The zero-order chi connectivity index (χ0) is 36.7. The van der Waals surface area contributed by atoms with Gasteiger partial charge in [-0.2, -0.15) is 0 Å². The molecule has 274 valence electrons. The number of hydrogen-bond acceptors (Lipinski definition) is 11. The highest BCUT2D eigenvalue weighted by atomic mass is 16.5. The van der Waals surface area contributed by atoms with Crippen LogP contribution in [0.4, 0.5) is 11.4 Å². The van der Waals surface area contributed by atoms with Gasteiger partial charge in [0.25, 0.3) is 11.1 Å². The Kier molecular flexibility index (Phi) is 10.8. The molecule has 13 heteroatoms. The zero-order valence-corrected chi connectivity index (χ0v) is 30.2. The van der Waals surface area contributed by atoms with Crippen molar-refractivity contribution in [1.82, 2.24) is 29.4 Å². The molecule has 0 amide bonds. The first kappa shape index (κ1) is 35.5. The van der Waals surface area contributed by atoms with E-state index < -0.39 is 0 Å². The van der Waals surface area contributed by atoms with Gasteiger partial charge in [-0.3, -0.25) is 18.4 Å². The van der Waals surface area contributed by atoms with Crippen LogP contribution in [-0.4, -0.2) is 92.5 Å². The van der Waals surface area contributed by atoms with Gasteiger partial charge in [-0.05, 0) is 79.7 Å². The van der Waals surface area contributed by atoms with Crippen LogP contribution in [0.25, 0.3) is 33.8 Å². The standard InChI is InChI=1S/C20H22N4O3.C20H22N4O2/c1-26-17-5-3-14(11-18(17)27-2)16-12-20(25)24-13-15(4-6-19(24)22-16)23-9-7-21-8-10-23;1-26-17-6-3-15(4-7-17)18-13-20(25)24-14-16(5-8-19(24)22-18)23-11-2-9-21-10-12-23/h3-6,11-13,21H,7-10H2,1-2H3;3-8,13-14,21H,2,9-12H2,1H3. The van der Waals surface area contributed by atoms with Gasteiger partial charge in [0.15, 0.2) is 11.5 Å². The van der Waals surface area contributed by atoms with Gasteiger partial charge in [-0.15, -0.1) is 0 Å². The van der Waals surface area contributed by atoms with E-state index in [1.54, 1.807) is 42.3 Å². The summed E-state index contributed by atoms with van der Waals surface area (Å²) in [5.41, 5.74) is 6.16. The van der Waals surface area contributed by atoms with Crippen molar-refractivity contribution in [3.8, 4) is 39.8 Å². The maximum Gasteiger partial charge on any atom is 0.258 e. The van der Waals surface area contributed by atoms with Gasteiger partial charge >= 0.3 is 0 Å². The second-order valence-electron chi connectivity index (χ2n) is 12.8. The Labute approximate surface area is 307 Å². The molecule has 2 aliphatic heterocycles. The lowest BCUT2D eigenvalue weighted by Gasteiger charge is -2.29. The number of aromatic nitrogens is 4. The van der Waals surface area contributed by atoms with E-state index >= 15 is 0 Å². The number of fused-ring (bicyclic) bond motifs is 2. The molecule has 4 aromatic heterocycles. The summed E-state index contributed by atoms with van der Waals surface area (Å²) in [6.45, 7) is 7.68. The number of piperazine rings is 1. The van der Waals surface area contributed by atoms with Crippen LogP contribution in [0.3, 0.4) is 0 Å². The fourth-order valence-electron chi connectivity index (χ4n) is 6.64. The number of pyridine rings is 2. The number of hydrogen-bond donors (Lipinski definition) is 2. The van der Waals surface area contributed by atoms with Crippen molar-refractivity contribution in [2.75, 3.05) is 83.5 Å². The van der Waals surface area contributed by atoms with Crippen LogP contribution >= 0.6 is 0 Å². The quantitative estimate of drug-likeness (QED) is 0.250. The molecule has 0 atom stereocenters. The molecule has 0 aliphatic carbocycles. The summed E-state index contributed by atoms with van der Waals surface area (Å²) in [5, 5.41) is 6.73. The van der Waals surface area contributed by atoms with E-state index in [1.807, 2.05) is 79.1 Å². The normalized spacial score (nSPS) is 14.7. The molecule has 0 bridgehead atoms. The number of methoxy groups -OCH3 is 3. The Morgan fingerprint density at radius 2 is 1.08 bits per heavy atom. The van der Waals surface area contributed by atoms with Crippen LogP contribution in [0, 0.1) is 0 Å². The highest BCUT2D eigenvalue weighted by Gasteiger charge is 2.15. The fraction of sp³-hybridized carbons (Fsp3) is 0.300. The van der Waals surface area contributed by atoms with E-state index in [1.165, 1.54) is 0 Å². The molecule has 8 rings (SSSR count). The summed E-state index contributed by atoms with van der Waals surface area (Å²) < 4.78 is 19.0. The third kappa shape index (κ3) is 7.96. The topological polar surface area (TPSA) is 127 Å². The Morgan fingerprint density at radius 3 is 1.64 bits per heavy atom. The monoisotopic (exact) mass is 716 g/mol. The number of ether oxygens (including phenoxy) is 3. The van der Waals surface area contributed by atoms with E-state index in [-0.39, 0.29) is 11.1 Å². The highest BCUT2D eigenvalue weighted by molar-refractivity contribution is 5.66. The summed E-state index contributed by atoms with van der Waals surface area (Å²) in [6.07, 6.45) is 4.86. The van der Waals surface area contributed by atoms with Crippen molar-refractivity contribution in [1.29, 1.82) is 0 Å². The van der Waals surface area contributed by atoms with Crippen molar-refractivity contribution >= 4 is 22.7 Å². The zero-order valence-electron chi connectivity index (χ0n) is 30.2. The molecule has 53 heavy (non-hydrogen) atoms. The van der Waals surface area contributed by atoms with Gasteiger partial charge in [-0.1, -0.05) is 0 Å². The molecule has 6 heterocycles. The average molecular weight is 717 g/mol. The molecule has 13 nitrogen and oxygen atoms in total. The number of rotatable bonds is 7. The van der Waals surface area contributed by atoms with Gasteiger partial charge in [0.05, 0.1) is 44.1 Å². The van der Waals surface area contributed by atoms with Crippen molar-refractivity contribution in [3.05, 3.63) is 112 Å². The number of anilines is 2. The van der Waals surface area contributed by atoms with E-state index in [2.05, 4.69) is 30.4 Å². The molecular formula is C40H44N8O5. The molecule has 2 N–H and O–H groups in total. The SMILES string of the molecule is COc1ccc(-c2cc(=O)n3cc(N4CCCNCC4)ccc3n2)cc1.COc1ccc(-c2cc(=O)n3cc(N4CCNCC4)ccc3n2)cc1OC. The molecule has 2 fully saturated rings. The first-order chi connectivity index (χ1) is 25.9. The van der Waals surface area contributed by atoms with Crippen LogP contribution in [0.15, 0.2) is 101 Å². The molecule has 6 aromatic rings. The Bertz CT molecular complexity index is 2310. The van der Waals surface area contributed by atoms with Crippen LogP contribution < -0.4 is 45.8 Å². The Morgan fingerprint density at radius 1 is 0.547 bits per heavy atom. The van der Waals surface area contributed by atoms with Crippen molar-refractivity contribution in [2.45, 2.75) is 6.42 Å². The molecule has 0 unspecified atom stereocenters. The van der Waals surface area contributed by atoms with E-state index in [0.717, 1.165) is 87.0 Å². The second kappa shape index (κ2) is 16.2. The second-order valence-corrected chi connectivity index (χ2v) is 12.8. The van der Waals surface area contributed by atoms with Crippen molar-refractivity contribution in [2.24, 2.45) is 0 Å². The lowest BCUT2D eigenvalue weighted by atomic mass is 10.1. The molecule has 2 aromatic carbocycles. The third-order valence-electron chi connectivity index (χ3n) is 9.54. The lowest BCUT2D eigenvalue weighted by molar-refractivity contribution is 0.355. The van der Waals surface area contributed by atoms with Crippen LogP contribution in [-0.2, 0) is 0 Å². The van der Waals surface area contributed by atoms with E-state index in [4.69, 9.17) is 14.2 Å². The number of nitrogens with zero attached hydrogens (tertiary/aromatic N) is 6. The predicted octanol–water partition coefficient (Wildman–Crippen LogP) is 3.96. The van der Waals surface area contributed by atoms with Gasteiger partial charge in [-0.25, -0.2) is 9.97 Å². The Hall–Kier alpha value is -5.92. The average Bonchev–Trinajstić information content (AvgIpc) is 3.51. The van der Waals surface area contributed by atoms with E-state index in [9.17, 15) is 9.59 Å². The minimum absolute atomic E-state index is 0.0735. The van der Waals surface area contributed by atoms with Crippen LogP contribution in [0.1, 0.15) is 6.42 Å². The predicted molar refractivity (Wildman–Crippen MR) is 208 cm³/mol. The van der Waals surface area contributed by atoms with Gasteiger partial charge in [0.2, 0.25) is 0 Å². The van der Waals surface area contributed by atoms with Crippen LogP contribution in [0.5, 0.6) is 17.2 Å². The summed E-state index contributed by atoms with van der Waals surface area (Å²) in [7, 11) is 4.81. The molecule has 2 saturated heterocycles. The van der Waals surface area contributed by atoms with Gasteiger partial charge < -0.3 is 34.6 Å².